The predicted octanol–water partition coefficient (Wildman–Crippen LogP) is 1.14. The Morgan fingerprint density at radius 3 is 2.56 bits per heavy atom. The van der Waals surface area contributed by atoms with E-state index in [9.17, 15) is 4.79 Å². The van der Waals surface area contributed by atoms with Crippen molar-refractivity contribution in [2.45, 2.75) is 12.5 Å². The van der Waals surface area contributed by atoms with Gasteiger partial charge in [-0.1, -0.05) is 18.2 Å². The van der Waals surface area contributed by atoms with Gasteiger partial charge in [0, 0.05) is 0 Å². The molecule has 0 fully saturated rings. The molecule has 0 heterocycles. The summed E-state index contributed by atoms with van der Waals surface area (Å²) in [6.07, 6.45) is 0. The summed E-state index contributed by atoms with van der Waals surface area (Å²) in [6.45, 7) is 2.41. The first-order chi connectivity index (χ1) is 8.58. The summed E-state index contributed by atoms with van der Waals surface area (Å²) in [5.74, 6) is -0.162. The van der Waals surface area contributed by atoms with Crippen molar-refractivity contribution in [1.29, 1.82) is 0 Å². The molecule has 0 aromatic heterocycles. The molecule has 1 aromatic rings. The maximum atomic E-state index is 11.0. The Bertz CT molecular complexity index is 369. The molecule has 5 heteroatoms. The lowest BCUT2D eigenvalue weighted by Crippen LogP contribution is -2.51. The molecule has 0 amide bonds. The van der Waals surface area contributed by atoms with Crippen LogP contribution in [0.1, 0.15) is 6.92 Å². The second-order valence-electron chi connectivity index (χ2n) is 4.10. The highest BCUT2D eigenvalue weighted by atomic mass is 16.5. The van der Waals surface area contributed by atoms with Gasteiger partial charge in [0.15, 0.2) is 0 Å². The monoisotopic (exact) mass is 253 g/mol. The number of ether oxygens (including phenoxy) is 2. The third kappa shape index (κ3) is 4.35. The van der Waals surface area contributed by atoms with Crippen molar-refractivity contribution < 1.29 is 19.4 Å². The van der Waals surface area contributed by atoms with Crippen LogP contribution in [0.5, 0.6) is 5.75 Å². The third-order valence-corrected chi connectivity index (χ3v) is 2.65. The highest BCUT2D eigenvalue weighted by molar-refractivity contribution is 5.78. The molecule has 1 unspecified atom stereocenters. The normalized spacial score (nSPS) is 13.9. The Morgan fingerprint density at radius 1 is 1.33 bits per heavy atom. The van der Waals surface area contributed by atoms with E-state index in [1.165, 1.54) is 0 Å². The fourth-order valence-electron chi connectivity index (χ4n) is 1.25. The first-order valence-electron chi connectivity index (χ1n) is 5.76. The molecule has 18 heavy (non-hydrogen) atoms. The zero-order valence-corrected chi connectivity index (χ0v) is 10.7. The Labute approximate surface area is 107 Å². The van der Waals surface area contributed by atoms with Crippen LogP contribution in [0.3, 0.4) is 0 Å². The summed E-state index contributed by atoms with van der Waals surface area (Å²) < 4.78 is 10.7. The molecule has 100 valence electrons. The Morgan fingerprint density at radius 2 is 2.00 bits per heavy atom. The van der Waals surface area contributed by atoms with Crippen molar-refractivity contribution in [3.8, 4) is 5.75 Å². The van der Waals surface area contributed by atoms with Gasteiger partial charge >= 0.3 is 5.97 Å². The van der Waals surface area contributed by atoms with E-state index >= 15 is 0 Å². The van der Waals surface area contributed by atoms with Crippen LogP contribution in [-0.4, -0.2) is 43.5 Å². The molecule has 0 bridgehead atoms. The van der Waals surface area contributed by atoms with Gasteiger partial charge in [-0.05, 0) is 26.1 Å². The van der Waals surface area contributed by atoms with Crippen molar-refractivity contribution in [2.24, 2.45) is 0 Å². The molecule has 5 nitrogen and oxygen atoms in total. The zero-order chi connectivity index (χ0) is 13.4. The van der Waals surface area contributed by atoms with Gasteiger partial charge < -0.3 is 19.9 Å². The van der Waals surface area contributed by atoms with Gasteiger partial charge in [-0.3, -0.25) is 4.79 Å². The number of carbonyl (C=O) groups is 1. The maximum Gasteiger partial charge on any atom is 0.326 e. The van der Waals surface area contributed by atoms with Gasteiger partial charge in [0.05, 0.1) is 13.2 Å². The number of likely N-dealkylation sites (N-methyl/N-ethyl adjacent to an activating group) is 1. The molecule has 1 rings (SSSR count). The fraction of sp³-hybridized carbons (Fsp3) is 0.462. The molecular formula is C13H19NO4. The standard InChI is InChI=1S/C13H19NO4/c1-13(14-2,12(15)16)10-17-8-9-18-11-6-4-3-5-7-11/h3-7,14H,8-10H2,1-2H3,(H,15,16). The Hall–Kier alpha value is -1.59. The highest BCUT2D eigenvalue weighted by Crippen LogP contribution is 2.08. The van der Waals surface area contributed by atoms with E-state index in [0.717, 1.165) is 5.75 Å². The summed E-state index contributed by atoms with van der Waals surface area (Å²) in [6, 6.07) is 9.40. The highest BCUT2D eigenvalue weighted by Gasteiger charge is 2.31. The second kappa shape index (κ2) is 6.98. The van der Waals surface area contributed by atoms with E-state index in [0.29, 0.717) is 13.2 Å². The second-order valence-corrected chi connectivity index (χ2v) is 4.10. The number of para-hydroxylation sites is 1. The van der Waals surface area contributed by atoms with Crippen LogP contribution < -0.4 is 10.1 Å². The molecule has 0 spiro atoms. The minimum absolute atomic E-state index is 0.0942. The van der Waals surface area contributed by atoms with Gasteiger partial charge in [0.1, 0.15) is 17.9 Å². The minimum Gasteiger partial charge on any atom is -0.491 e. The number of carboxylic acids is 1. The quantitative estimate of drug-likeness (QED) is 0.680. The Kier molecular flexibility index (Phi) is 5.61. The first kappa shape index (κ1) is 14.5. The molecule has 0 radical (unpaired) electrons. The van der Waals surface area contributed by atoms with E-state index < -0.39 is 11.5 Å². The molecule has 0 aliphatic heterocycles. The number of aliphatic carboxylic acids is 1. The summed E-state index contributed by atoms with van der Waals surface area (Å²) in [7, 11) is 1.60. The smallest absolute Gasteiger partial charge is 0.326 e. The third-order valence-electron chi connectivity index (χ3n) is 2.65. The lowest BCUT2D eigenvalue weighted by molar-refractivity contribution is -0.146. The van der Waals surface area contributed by atoms with Crippen LogP contribution in [0, 0.1) is 0 Å². The summed E-state index contributed by atoms with van der Waals surface area (Å²) in [5, 5.41) is 11.7. The average Bonchev–Trinajstić information content (AvgIpc) is 2.39. The molecule has 1 aromatic carbocycles. The van der Waals surface area contributed by atoms with Gasteiger partial charge in [-0.2, -0.15) is 0 Å². The first-order valence-corrected chi connectivity index (χ1v) is 5.76. The van der Waals surface area contributed by atoms with Crippen LogP contribution in [0.2, 0.25) is 0 Å². The van der Waals surface area contributed by atoms with E-state index in [1.54, 1.807) is 14.0 Å². The van der Waals surface area contributed by atoms with E-state index in [4.69, 9.17) is 14.6 Å². The summed E-state index contributed by atoms with van der Waals surface area (Å²) in [5.41, 5.74) is -1.06. The van der Waals surface area contributed by atoms with E-state index in [1.807, 2.05) is 30.3 Å². The van der Waals surface area contributed by atoms with Crippen LogP contribution in [-0.2, 0) is 9.53 Å². The van der Waals surface area contributed by atoms with Crippen LogP contribution in [0.4, 0.5) is 0 Å². The SMILES string of the molecule is CNC(C)(COCCOc1ccccc1)C(=O)O. The Balaban J connectivity index is 2.21. The van der Waals surface area contributed by atoms with Crippen molar-refractivity contribution >= 4 is 5.97 Å². The number of carboxylic acid groups (broad SMARTS) is 1. The molecule has 0 aliphatic rings. The number of nitrogens with one attached hydrogen (secondary N) is 1. The molecule has 2 N–H and O–H groups in total. The molecule has 0 saturated carbocycles. The van der Waals surface area contributed by atoms with Crippen LogP contribution in [0.15, 0.2) is 30.3 Å². The lowest BCUT2D eigenvalue weighted by atomic mass is 10.1. The average molecular weight is 253 g/mol. The number of hydrogen-bond donors (Lipinski definition) is 2. The largest absolute Gasteiger partial charge is 0.491 e. The molecule has 0 saturated heterocycles. The fourth-order valence-corrected chi connectivity index (χ4v) is 1.25. The van der Waals surface area contributed by atoms with Gasteiger partial charge in [0.2, 0.25) is 0 Å². The van der Waals surface area contributed by atoms with Gasteiger partial charge in [-0.25, -0.2) is 0 Å². The van der Waals surface area contributed by atoms with Gasteiger partial charge in [-0.15, -0.1) is 0 Å². The predicted molar refractivity (Wildman–Crippen MR) is 67.9 cm³/mol. The van der Waals surface area contributed by atoms with Crippen molar-refractivity contribution in [3.05, 3.63) is 30.3 Å². The van der Waals surface area contributed by atoms with E-state index in [-0.39, 0.29) is 6.61 Å². The zero-order valence-electron chi connectivity index (χ0n) is 10.7. The van der Waals surface area contributed by atoms with Crippen LogP contribution in [0.25, 0.3) is 0 Å². The van der Waals surface area contributed by atoms with Crippen molar-refractivity contribution in [3.63, 3.8) is 0 Å². The van der Waals surface area contributed by atoms with Crippen molar-refractivity contribution in [1.82, 2.24) is 5.32 Å². The van der Waals surface area contributed by atoms with Crippen LogP contribution >= 0.6 is 0 Å². The number of rotatable bonds is 8. The summed E-state index contributed by atoms with van der Waals surface area (Å²) >= 11 is 0. The van der Waals surface area contributed by atoms with E-state index in [2.05, 4.69) is 5.32 Å². The number of hydrogen-bond acceptors (Lipinski definition) is 4. The maximum absolute atomic E-state index is 11.0. The molecule has 1 atom stereocenters. The lowest BCUT2D eigenvalue weighted by Gasteiger charge is -2.23. The topological polar surface area (TPSA) is 67.8 Å². The minimum atomic E-state index is -1.06. The molecule has 0 aliphatic carbocycles. The van der Waals surface area contributed by atoms with Gasteiger partial charge in [0.25, 0.3) is 0 Å². The van der Waals surface area contributed by atoms with Crippen molar-refractivity contribution in [2.75, 3.05) is 26.9 Å². The number of benzene rings is 1. The molecular weight excluding hydrogens is 234 g/mol. The summed E-state index contributed by atoms with van der Waals surface area (Å²) in [4.78, 5) is 11.0.